The van der Waals surface area contributed by atoms with E-state index in [0.717, 1.165) is 0 Å². The summed E-state index contributed by atoms with van der Waals surface area (Å²) in [4.78, 5) is 0. The molecule has 0 aromatic heterocycles. The van der Waals surface area contributed by atoms with Crippen molar-refractivity contribution in [1.82, 2.24) is 0 Å². The molecule has 0 nitrogen and oxygen atoms in total. The standard InChI is InChI=1S/C24H27Br/c1-2-3-6-17-7-9-19-20-10-8-18(25)16-22(20)24-13-4-11-23(24,12-5-14-24)21(19)15-17/h7-10,15-16H,2-6,11-14H2,1H3/t23-,24+. The van der Waals surface area contributed by atoms with E-state index in [4.69, 9.17) is 0 Å². The Morgan fingerprint density at radius 3 is 2.08 bits per heavy atom. The summed E-state index contributed by atoms with van der Waals surface area (Å²) in [5.41, 5.74) is 8.77. The lowest BCUT2D eigenvalue weighted by atomic mass is 9.55. The van der Waals surface area contributed by atoms with Crippen molar-refractivity contribution in [3.8, 4) is 11.1 Å². The SMILES string of the molecule is CCCCc1ccc2c(c1)[C@]13CCC[C@]1(CCC3)c1cc(Br)ccc1-2. The Balaban J connectivity index is 1.78. The summed E-state index contributed by atoms with van der Waals surface area (Å²) < 4.78 is 1.25. The average molecular weight is 395 g/mol. The summed E-state index contributed by atoms with van der Waals surface area (Å²) >= 11 is 3.76. The van der Waals surface area contributed by atoms with Gasteiger partial charge in [-0.1, -0.05) is 66.4 Å². The second-order valence-electron chi connectivity index (χ2n) is 8.54. The summed E-state index contributed by atoms with van der Waals surface area (Å²) in [6.07, 6.45) is 12.2. The Bertz CT molecular complexity index is 822. The van der Waals surface area contributed by atoms with Crippen molar-refractivity contribution in [2.24, 2.45) is 0 Å². The zero-order chi connectivity index (χ0) is 17.1. The fourth-order valence-electron chi connectivity index (χ4n) is 6.55. The third-order valence-electron chi connectivity index (χ3n) is 7.54. The molecule has 2 aromatic rings. The van der Waals surface area contributed by atoms with Gasteiger partial charge in [-0.3, -0.25) is 0 Å². The normalized spacial score (nSPS) is 29.0. The summed E-state index contributed by atoms with van der Waals surface area (Å²) in [5.74, 6) is 0. The van der Waals surface area contributed by atoms with Crippen LogP contribution in [0.3, 0.4) is 0 Å². The molecule has 3 aliphatic rings. The minimum atomic E-state index is 0.405. The highest BCUT2D eigenvalue weighted by molar-refractivity contribution is 9.10. The minimum Gasteiger partial charge on any atom is -0.0654 e. The number of halogens is 1. The van der Waals surface area contributed by atoms with Crippen LogP contribution in [0.5, 0.6) is 0 Å². The van der Waals surface area contributed by atoms with E-state index >= 15 is 0 Å². The van der Waals surface area contributed by atoms with Crippen LogP contribution >= 0.6 is 15.9 Å². The predicted molar refractivity (Wildman–Crippen MR) is 109 cm³/mol. The molecule has 3 aliphatic carbocycles. The predicted octanol–water partition coefficient (Wildman–Crippen LogP) is 7.32. The van der Waals surface area contributed by atoms with E-state index in [2.05, 4.69) is 59.3 Å². The summed E-state index contributed by atoms with van der Waals surface area (Å²) in [6, 6.07) is 14.5. The summed E-state index contributed by atoms with van der Waals surface area (Å²) in [6.45, 7) is 2.30. The van der Waals surface area contributed by atoms with Crippen LogP contribution in [0.2, 0.25) is 0 Å². The van der Waals surface area contributed by atoms with Crippen LogP contribution in [0, 0.1) is 0 Å². The van der Waals surface area contributed by atoms with E-state index in [1.54, 1.807) is 16.7 Å². The van der Waals surface area contributed by atoms with Crippen molar-refractivity contribution in [3.05, 3.63) is 57.6 Å². The van der Waals surface area contributed by atoms with E-state index in [0.29, 0.717) is 10.8 Å². The van der Waals surface area contributed by atoms with Gasteiger partial charge in [0.2, 0.25) is 0 Å². The third-order valence-corrected chi connectivity index (χ3v) is 8.03. The maximum absolute atomic E-state index is 3.76. The molecule has 5 rings (SSSR count). The maximum Gasteiger partial charge on any atom is 0.0178 e. The van der Waals surface area contributed by atoms with E-state index in [1.807, 2.05) is 0 Å². The summed E-state index contributed by atoms with van der Waals surface area (Å²) in [7, 11) is 0. The summed E-state index contributed by atoms with van der Waals surface area (Å²) in [5, 5.41) is 0. The molecule has 0 amide bonds. The van der Waals surface area contributed by atoms with Crippen molar-refractivity contribution in [2.45, 2.75) is 75.5 Å². The van der Waals surface area contributed by atoms with Crippen LogP contribution < -0.4 is 0 Å². The molecule has 1 heteroatoms. The van der Waals surface area contributed by atoms with E-state index in [-0.39, 0.29) is 0 Å². The van der Waals surface area contributed by atoms with Gasteiger partial charge in [-0.25, -0.2) is 0 Å². The van der Waals surface area contributed by atoms with Gasteiger partial charge < -0.3 is 0 Å². The van der Waals surface area contributed by atoms with E-state index in [9.17, 15) is 0 Å². The van der Waals surface area contributed by atoms with Crippen LogP contribution in [-0.4, -0.2) is 0 Å². The molecule has 0 atom stereocenters. The Morgan fingerprint density at radius 1 is 0.840 bits per heavy atom. The first-order valence-electron chi connectivity index (χ1n) is 10.1. The van der Waals surface area contributed by atoms with Crippen LogP contribution in [-0.2, 0) is 17.3 Å². The topological polar surface area (TPSA) is 0 Å². The quantitative estimate of drug-likeness (QED) is 0.511. The van der Waals surface area contributed by atoms with Crippen LogP contribution in [0.1, 0.15) is 75.0 Å². The van der Waals surface area contributed by atoms with Crippen molar-refractivity contribution in [3.63, 3.8) is 0 Å². The van der Waals surface area contributed by atoms with Gasteiger partial charge >= 0.3 is 0 Å². The molecule has 0 saturated heterocycles. The molecule has 0 aliphatic heterocycles. The number of fused-ring (bicyclic) bond motifs is 3. The van der Waals surface area contributed by atoms with Gasteiger partial charge in [0.1, 0.15) is 0 Å². The molecule has 0 radical (unpaired) electrons. The van der Waals surface area contributed by atoms with Crippen molar-refractivity contribution >= 4 is 15.9 Å². The number of hydrogen-bond acceptors (Lipinski definition) is 0. The molecule has 2 aromatic carbocycles. The largest absolute Gasteiger partial charge is 0.0654 e. The molecule has 2 fully saturated rings. The highest BCUT2D eigenvalue weighted by Gasteiger charge is 2.62. The van der Waals surface area contributed by atoms with Gasteiger partial charge in [-0.05, 0) is 78.5 Å². The molecule has 130 valence electrons. The lowest BCUT2D eigenvalue weighted by Gasteiger charge is -2.48. The highest BCUT2D eigenvalue weighted by Crippen LogP contribution is 2.69. The minimum absolute atomic E-state index is 0.405. The van der Waals surface area contributed by atoms with Gasteiger partial charge in [0.05, 0.1) is 0 Å². The molecular formula is C24H27Br. The van der Waals surface area contributed by atoms with Gasteiger partial charge in [0, 0.05) is 15.3 Å². The van der Waals surface area contributed by atoms with Gasteiger partial charge in [-0.15, -0.1) is 0 Å². The monoisotopic (exact) mass is 394 g/mol. The zero-order valence-corrected chi connectivity index (χ0v) is 16.8. The first-order valence-corrected chi connectivity index (χ1v) is 10.9. The molecule has 25 heavy (non-hydrogen) atoms. The van der Waals surface area contributed by atoms with Gasteiger partial charge in [0.25, 0.3) is 0 Å². The number of aryl methyl sites for hydroxylation is 1. The molecule has 0 spiro atoms. The number of hydrogen-bond donors (Lipinski definition) is 0. The second kappa shape index (κ2) is 5.71. The van der Waals surface area contributed by atoms with Crippen LogP contribution in [0.25, 0.3) is 11.1 Å². The lowest BCUT2D eigenvalue weighted by Crippen LogP contribution is -2.43. The number of unbranched alkanes of at least 4 members (excludes halogenated alkanes) is 1. The van der Waals surface area contributed by atoms with Gasteiger partial charge in [0.15, 0.2) is 0 Å². The van der Waals surface area contributed by atoms with Gasteiger partial charge in [-0.2, -0.15) is 0 Å². The average Bonchev–Trinajstić information content (AvgIpc) is 3.17. The molecule has 0 bridgehead atoms. The van der Waals surface area contributed by atoms with Crippen LogP contribution in [0.15, 0.2) is 40.9 Å². The third kappa shape index (κ3) is 2.05. The Kier molecular flexibility index (Phi) is 3.68. The number of rotatable bonds is 3. The van der Waals surface area contributed by atoms with Crippen molar-refractivity contribution < 1.29 is 0 Å². The molecular weight excluding hydrogens is 368 g/mol. The molecule has 2 saturated carbocycles. The maximum atomic E-state index is 3.76. The zero-order valence-electron chi connectivity index (χ0n) is 15.2. The fraction of sp³-hybridized carbons (Fsp3) is 0.500. The smallest absolute Gasteiger partial charge is 0.0178 e. The second-order valence-corrected chi connectivity index (χ2v) is 9.46. The number of benzene rings is 2. The first kappa shape index (κ1) is 16.1. The molecule has 0 heterocycles. The fourth-order valence-corrected chi connectivity index (χ4v) is 6.91. The van der Waals surface area contributed by atoms with Crippen molar-refractivity contribution in [1.29, 1.82) is 0 Å². The van der Waals surface area contributed by atoms with Crippen LogP contribution in [0.4, 0.5) is 0 Å². The molecule has 0 N–H and O–H groups in total. The van der Waals surface area contributed by atoms with Crippen molar-refractivity contribution in [2.75, 3.05) is 0 Å². The first-order chi connectivity index (χ1) is 12.2. The highest BCUT2D eigenvalue weighted by atomic mass is 79.9. The molecule has 0 unspecified atom stereocenters. The lowest BCUT2D eigenvalue weighted by molar-refractivity contribution is 0.298. The Morgan fingerprint density at radius 2 is 1.44 bits per heavy atom. The van der Waals surface area contributed by atoms with E-state index in [1.165, 1.54) is 73.4 Å². The Hall–Kier alpha value is -1.08. The van der Waals surface area contributed by atoms with E-state index < -0.39 is 0 Å². The Labute approximate surface area is 160 Å².